The number of anilines is 1. The van der Waals surface area contributed by atoms with Crippen molar-refractivity contribution in [3.8, 4) is 11.5 Å². The SMILES string of the molecule is CC(C)COc1ccc(Cl)cc1OCc1nnc(NC(=O)c2ccc3c(c2)CCNC3)s1.Cl. The van der Waals surface area contributed by atoms with Crippen molar-refractivity contribution < 1.29 is 14.3 Å². The van der Waals surface area contributed by atoms with Crippen molar-refractivity contribution in [1.29, 1.82) is 0 Å². The first-order valence-electron chi connectivity index (χ1n) is 10.5. The molecule has 0 bridgehead atoms. The average molecular weight is 509 g/mol. The molecule has 4 rings (SSSR count). The highest BCUT2D eigenvalue weighted by Gasteiger charge is 2.15. The van der Waals surface area contributed by atoms with Crippen LogP contribution in [0.5, 0.6) is 11.5 Å². The number of hydrogen-bond acceptors (Lipinski definition) is 7. The Morgan fingerprint density at radius 3 is 2.82 bits per heavy atom. The molecule has 1 aliphatic heterocycles. The van der Waals surface area contributed by atoms with E-state index in [9.17, 15) is 4.79 Å². The number of benzene rings is 2. The zero-order valence-corrected chi connectivity index (χ0v) is 20.8. The summed E-state index contributed by atoms with van der Waals surface area (Å²) in [7, 11) is 0. The van der Waals surface area contributed by atoms with Gasteiger partial charge in [-0.25, -0.2) is 0 Å². The fourth-order valence-corrected chi connectivity index (χ4v) is 4.07. The second kappa shape index (κ2) is 11.7. The summed E-state index contributed by atoms with van der Waals surface area (Å²) in [6, 6.07) is 11.1. The van der Waals surface area contributed by atoms with Crippen molar-refractivity contribution in [1.82, 2.24) is 15.5 Å². The molecular weight excluding hydrogens is 483 g/mol. The van der Waals surface area contributed by atoms with Gasteiger partial charge in [-0.3, -0.25) is 10.1 Å². The Morgan fingerprint density at radius 2 is 2.00 bits per heavy atom. The van der Waals surface area contributed by atoms with Crippen molar-refractivity contribution in [2.45, 2.75) is 33.4 Å². The molecule has 0 atom stereocenters. The van der Waals surface area contributed by atoms with E-state index in [-0.39, 0.29) is 24.9 Å². The van der Waals surface area contributed by atoms with Gasteiger partial charge in [0.05, 0.1) is 6.61 Å². The molecule has 0 fully saturated rings. The maximum absolute atomic E-state index is 12.6. The summed E-state index contributed by atoms with van der Waals surface area (Å²) in [5, 5.41) is 16.0. The molecule has 1 aromatic heterocycles. The molecule has 3 aromatic rings. The summed E-state index contributed by atoms with van der Waals surface area (Å²) in [5.74, 6) is 1.36. The Bertz CT molecular complexity index is 1110. The molecule has 0 saturated carbocycles. The smallest absolute Gasteiger partial charge is 0.257 e. The lowest BCUT2D eigenvalue weighted by atomic mass is 9.98. The normalized spacial score (nSPS) is 12.6. The van der Waals surface area contributed by atoms with Crippen LogP contribution in [-0.2, 0) is 19.6 Å². The van der Waals surface area contributed by atoms with E-state index in [1.165, 1.54) is 22.5 Å². The van der Waals surface area contributed by atoms with E-state index in [4.69, 9.17) is 21.1 Å². The molecule has 2 N–H and O–H groups in total. The van der Waals surface area contributed by atoms with Gasteiger partial charge in [0.1, 0.15) is 6.61 Å². The van der Waals surface area contributed by atoms with Crippen LogP contribution in [0.25, 0.3) is 0 Å². The number of fused-ring (bicyclic) bond motifs is 1. The van der Waals surface area contributed by atoms with Gasteiger partial charge in [-0.2, -0.15) is 0 Å². The molecule has 0 unspecified atom stereocenters. The van der Waals surface area contributed by atoms with Crippen LogP contribution in [0.15, 0.2) is 36.4 Å². The lowest BCUT2D eigenvalue weighted by Gasteiger charge is -2.17. The van der Waals surface area contributed by atoms with E-state index < -0.39 is 0 Å². The molecule has 0 radical (unpaired) electrons. The number of rotatable bonds is 8. The Hall–Kier alpha value is -2.39. The van der Waals surface area contributed by atoms with Crippen LogP contribution in [0.2, 0.25) is 5.02 Å². The monoisotopic (exact) mass is 508 g/mol. The molecular formula is C23H26Cl2N4O3S. The van der Waals surface area contributed by atoms with Crippen LogP contribution < -0.4 is 20.1 Å². The summed E-state index contributed by atoms with van der Waals surface area (Å²) in [6.45, 7) is 6.69. The fraction of sp³-hybridized carbons (Fsp3) is 0.348. The first-order valence-corrected chi connectivity index (χ1v) is 11.7. The van der Waals surface area contributed by atoms with Crippen molar-refractivity contribution >= 4 is 46.4 Å². The molecule has 0 spiro atoms. The number of nitrogens with one attached hydrogen (secondary N) is 2. The quantitative estimate of drug-likeness (QED) is 0.438. The number of amides is 1. The summed E-state index contributed by atoms with van der Waals surface area (Å²) in [5.41, 5.74) is 3.06. The lowest BCUT2D eigenvalue weighted by Crippen LogP contribution is -2.24. The molecule has 33 heavy (non-hydrogen) atoms. The van der Waals surface area contributed by atoms with E-state index >= 15 is 0 Å². The first-order chi connectivity index (χ1) is 15.5. The molecule has 2 aromatic carbocycles. The van der Waals surface area contributed by atoms with Gasteiger partial charge in [0.25, 0.3) is 5.91 Å². The van der Waals surface area contributed by atoms with Crippen molar-refractivity contribution in [2.75, 3.05) is 18.5 Å². The lowest BCUT2D eigenvalue weighted by molar-refractivity contribution is 0.102. The van der Waals surface area contributed by atoms with Gasteiger partial charge in [0, 0.05) is 23.2 Å². The first kappa shape index (κ1) is 25.2. The second-order valence-electron chi connectivity index (χ2n) is 7.95. The number of nitrogens with zero attached hydrogens (tertiary/aromatic N) is 2. The average Bonchev–Trinajstić information content (AvgIpc) is 3.23. The Labute approximate surface area is 208 Å². The maximum atomic E-state index is 12.6. The van der Waals surface area contributed by atoms with E-state index in [2.05, 4.69) is 34.7 Å². The van der Waals surface area contributed by atoms with Crippen molar-refractivity contribution in [3.63, 3.8) is 0 Å². The highest BCUT2D eigenvalue weighted by molar-refractivity contribution is 7.15. The van der Waals surface area contributed by atoms with Crippen LogP contribution in [0.1, 0.15) is 40.3 Å². The molecule has 7 nitrogen and oxygen atoms in total. The highest BCUT2D eigenvalue weighted by Crippen LogP contribution is 2.32. The molecule has 10 heteroatoms. The van der Waals surface area contributed by atoms with Gasteiger partial charge >= 0.3 is 0 Å². The van der Waals surface area contributed by atoms with Gasteiger partial charge < -0.3 is 14.8 Å². The summed E-state index contributed by atoms with van der Waals surface area (Å²) in [4.78, 5) is 12.6. The van der Waals surface area contributed by atoms with Crippen LogP contribution in [0.4, 0.5) is 5.13 Å². The molecule has 0 saturated heterocycles. The van der Waals surface area contributed by atoms with Crippen LogP contribution >= 0.6 is 35.3 Å². The summed E-state index contributed by atoms with van der Waals surface area (Å²) in [6.07, 6.45) is 0.920. The molecule has 2 heterocycles. The minimum absolute atomic E-state index is 0. The van der Waals surface area contributed by atoms with Gasteiger partial charge in [-0.1, -0.05) is 42.9 Å². The molecule has 0 aliphatic carbocycles. The number of aromatic nitrogens is 2. The summed E-state index contributed by atoms with van der Waals surface area (Å²) < 4.78 is 11.7. The Balaban J connectivity index is 0.00000306. The van der Waals surface area contributed by atoms with Gasteiger partial charge in [0.15, 0.2) is 16.5 Å². The largest absolute Gasteiger partial charge is 0.489 e. The zero-order chi connectivity index (χ0) is 22.5. The molecule has 176 valence electrons. The third-order valence-electron chi connectivity index (χ3n) is 4.87. The van der Waals surface area contributed by atoms with E-state index in [0.29, 0.717) is 44.7 Å². The van der Waals surface area contributed by atoms with Crippen molar-refractivity contribution in [2.24, 2.45) is 5.92 Å². The van der Waals surface area contributed by atoms with E-state index in [0.717, 1.165) is 19.5 Å². The fourth-order valence-electron chi connectivity index (χ4n) is 3.26. The number of carbonyl (C=O) groups is 1. The predicted molar refractivity (Wildman–Crippen MR) is 133 cm³/mol. The highest BCUT2D eigenvalue weighted by atomic mass is 35.5. The van der Waals surface area contributed by atoms with E-state index in [1.807, 2.05) is 18.2 Å². The number of hydrogen-bond donors (Lipinski definition) is 2. The Kier molecular flexibility index (Phi) is 8.91. The maximum Gasteiger partial charge on any atom is 0.257 e. The van der Waals surface area contributed by atoms with Crippen LogP contribution in [0.3, 0.4) is 0 Å². The second-order valence-corrected chi connectivity index (χ2v) is 9.45. The third-order valence-corrected chi connectivity index (χ3v) is 5.92. The number of ether oxygens (including phenoxy) is 2. The summed E-state index contributed by atoms with van der Waals surface area (Å²) >= 11 is 7.38. The Morgan fingerprint density at radius 1 is 1.15 bits per heavy atom. The molecule has 1 amide bonds. The minimum Gasteiger partial charge on any atom is -0.489 e. The van der Waals surface area contributed by atoms with Crippen molar-refractivity contribution in [3.05, 3.63) is 63.1 Å². The van der Waals surface area contributed by atoms with Gasteiger partial charge in [0.2, 0.25) is 5.13 Å². The van der Waals surface area contributed by atoms with Gasteiger partial charge in [-0.15, -0.1) is 22.6 Å². The van der Waals surface area contributed by atoms with E-state index in [1.54, 1.807) is 18.2 Å². The van der Waals surface area contributed by atoms with Crippen LogP contribution in [-0.4, -0.2) is 29.3 Å². The zero-order valence-electron chi connectivity index (χ0n) is 18.4. The standard InChI is InChI=1S/C23H25ClN4O3S.ClH/c1-14(2)12-30-19-6-5-18(24)10-20(19)31-13-21-27-28-23(32-21)26-22(29)16-3-4-17-11-25-8-7-15(17)9-16;/h3-6,9-10,14,25H,7-8,11-13H2,1-2H3,(H,26,28,29);1H. The molecule has 1 aliphatic rings. The predicted octanol–water partition coefficient (Wildman–Crippen LogP) is 5.13. The third kappa shape index (κ3) is 6.80. The topological polar surface area (TPSA) is 85.4 Å². The van der Waals surface area contributed by atoms with Crippen LogP contribution in [0, 0.1) is 5.92 Å². The number of carbonyl (C=O) groups excluding carboxylic acids is 1. The van der Waals surface area contributed by atoms with Gasteiger partial charge in [-0.05, 0) is 54.3 Å². The number of halogens is 2. The minimum atomic E-state index is -0.200.